The van der Waals surface area contributed by atoms with Gasteiger partial charge in [-0.3, -0.25) is 4.79 Å². The predicted molar refractivity (Wildman–Crippen MR) is 103 cm³/mol. The van der Waals surface area contributed by atoms with E-state index in [1.165, 1.54) is 0 Å². The lowest BCUT2D eigenvalue weighted by atomic mass is 9.96. The summed E-state index contributed by atoms with van der Waals surface area (Å²) in [6.07, 6.45) is 2.10. The largest absolute Gasteiger partial charge is 0.312 e. The number of fused-ring (bicyclic) bond motifs is 1. The highest BCUT2D eigenvalue weighted by molar-refractivity contribution is 7.89. The first-order valence-corrected chi connectivity index (χ1v) is 10.4. The van der Waals surface area contributed by atoms with Crippen LogP contribution in [-0.2, 0) is 21.2 Å². The number of aryl methyl sites for hydroxylation is 1. The number of benzene rings is 2. The number of anilines is 1. The van der Waals surface area contributed by atoms with Crippen molar-refractivity contribution in [1.82, 2.24) is 4.72 Å². The number of nitrogens with one attached hydrogen (secondary N) is 1. The van der Waals surface area contributed by atoms with E-state index in [-0.39, 0.29) is 16.8 Å². The number of rotatable bonds is 6. The molecule has 138 valence electrons. The van der Waals surface area contributed by atoms with E-state index >= 15 is 0 Å². The van der Waals surface area contributed by atoms with Gasteiger partial charge in [-0.05, 0) is 49.1 Å². The van der Waals surface area contributed by atoms with Crippen LogP contribution in [0.2, 0.25) is 0 Å². The molecule has 0 bridgehead atoms. The van der Waals surface area contributed by atoms with E-state index in [1.54, 1.807) is 30.3 Å². The molecule has 2 aromatic rings. The van der Waals surface area contributed by atoms with Crippen LogP contribution in [-0.4, -0.2) is 20.9 Å². The maximum absolute atomic E-state index is 12.5. The molecule has 26 heavy (non-hydrogen) atoms. The molecule has 2 aromatic carbocycles. The second-order valence-corrected chi connectivity index (χ2v) is 8.30. The van der Waals surface area contributed by atoms with Crippen LogP contribution in [0.25, 0.3) is 0 Å². The van der Waals surface area contributed by atoms with Gasteiger partial charge in [0.2, 0.25) is 15.9 Å². The molecule has 1 heterocycles. The van der Waals surface area contributed by atoms with E-state index in [0.717, 1.165) is 23.2 Å². The topological polar surface area (TPSA) is 66.5 Å². The van der Waals surface area contributed by atoms with Crippen LogP contribution in [0.4, 0.5) is 5.69 Å². The van der Waals surface area contributed by atoms with Gasteiger partial charge in [0.15, 0.2) is 0 Å². The summed E-state index contributed by atoms with van der Waals surface area (Å²) in [5, 5.41) is 0. The number of carbonyl (C=O) groups is 1. The van der Waals surface area contributed by atoms with Crippen molar-refractivity contribution in [2.75, 3.05) is 11.4 Å². The summed E-state index contributed by atoms with van der Waals surface area (Å²) in [4.78, 5) is 14.2. The van der Waals surface area contributed by atoms with Crippen molar-refractivity contribution in [3.63, 3.8) is 0 Å². The first-order chi connectivity index (χ1) is 12.4. The van der Waals surface area contributed by atoms with Crippen molar-refractivity contribution in [3.8, 4) is 0 Å². The quantitative estimate of drug-likeness (QED) is 0.845. The van der Waals surface area contributed by atoms with Crippen LogP contribution in [0.5, 0.6) is 0 Å². The van der Waals surface area contributed by atoms with Crippen LogP contribution >= 0.6 is 0 Å². The highest BCUT2D eigenvalue weighted by atomic mass is 32.2. The van der Waals surface area contributed by atoms with Gasteiger partial charge >= 0.3 is 0 Å². The minimum absolute atomic E-state index is 0.157. The molecule has 0 spiro atoms. The first kappa shape index (κ1) is 18.6. The Balaban J connectivity index is 1.83. The van der Waals surface area contributed by atoms with Crippen molar-refractivity contribution in [2.24, 2.45) is 0 Å². The Labute approximate surface area is 155 Å². The Bertz CT molecular complexity index is 895. The fourth-order valence-corrected chi connectivity index (χ4v) is 4.54. The Kier molecular flexibility index (Phi) is 5.44. The van der Waals surface area contributed by atoms with E-state index in [4.69, 9.17) is 0 Å². The summed E-state index contributed by atoms with van der Waals surface area (Å²) in [6, 6.07) is 13.9. The van der Waals surface area contributed by atoms with E-state index in [2.05, 4.69) is 11.6 Å². The highest BCUT2D eigenvalue weighted by Gasteiger charge is 2.25. The standard InChI is InChI=1S/C20H24N2O3S/c1-3-13-22-19-11-9-16(14-17(19)10-12-20(22)23)15(2)21-26(24,25)18-7-5-4-6-8-18/h4-9,11,14-15,21H,3,10,12-13H2,1-2H3. The zero-order valence-corrected chi connectivity index (χ0v) is 15.9. The van der Waals surface area contributed by atoms with Crippen LogP contribution in [0.15, 0.2) is 53.4 Å². The van der Waals surface area contributed by atoms with Crippen LogP contribution < -0.4 is 9.62 Å². The minimum atomic E-state index is -3.57. The third kappa shape index (κ3) is 3.81. The van der Waals surface area contributed by atoms with Gasteiger partial charge in [0.05, 0.1) is 4.90 Å². The van der Waals surface area contributed by atoms with Crippen LogP contribution in [0, 0.1) is 0 Å². The Morgan fingerprint density at radius 1 is 1.12 bits per heavy atom. The van der Waals surface area contributed by atoms with E-state index in [1.807, 2.05) is 30.0 Å². The summed E-state index contributed by atoms with van der Waals surface area (Å²) in [5.41, 5.74) is 2.94. The molecule has 0 saturated heterocycles. The zero-order valence-electron chi connectivity index (χ0n) is 15.1. The monoisotopic (exact) mass is 372 g/mol. The van der Waals surface area contributed by atoms with Gasteiger partial charge in [-0.15, -0.1) is 0 Å². The molecule has 0 aromatic heterocycles. The van der Waals surface area contributed by atoms with Crippen LogP contribution in [0.3, 0.4) is 0 Å². The van der Waals surface area contributed by atoms with Crippen molar-refractivity contribution in [2.45, 2.75) is 44.0 Å². The maximum Gasteiger partial charge on any atom is 0.241 e. The molecule has 1 aliphatic rings. The van der Waals surface area contributed by atoms with Crippen molar-refractivity contribution in [3.05, 3.63) is 59.7 Å². The minimum Gasteiger partial charge on any atom is -0.312 e. The highest BCUT2D eigenvalue weighted by Crippen LogP contribution is 2.31. The smallest absolute Gasteiger partial charge is 0.241 e. The van der Waals surface area contributed by atoms with E-state index < -0.39 is 10.0 Å². The lowest BCUT2D eigenvalue weighted by Gasteiger charge is -2.30. The average Bonchev–Trinajstić information content (AvgIpc) is 2.64. The number of carbonyl (C=O) groups excluding carboxylic acids is 1. The molecule has 0 fully saturated rings. The summed E-state index contributed by atoms with van der Waals surface area (Å²) in [6.45, 7) is 4.59. The second-order valence-electron chi connectivity index (χ2n) is 6.59. The molecule has 1 unspecified atom stereocenters. The number of amides is 1. The van der Waals surface area contributed by atoms with Gasteiger partial charge in [0.1, 0.15) is 0 Å². The SMILES string of the molecule is CCCN1C(=O)CCc2cc(C(C)NS(=O)(=O)c3ccccc3)ccc21. The van der Waals surface area contributed by atoms with Gasteiger partial charge in [-0.25, -0.2) is 13.1 Å². The lowest BCUT2D eigenvalue weighted by Crippen LogP contribution is -2.35. The fourth-order valence-electron chi connectivity index (χ4n) is 3.29. The lowest BCUT2D eigenvalue weighted by molar-refractivity contribution is -0.118. The van der Waals surface area contributed by atoms with Crippen molar-refractivity contribution < 1.29 is 13.2 Å². The van der Waals surface area contributed by atoms with Gasteiger partial charge in [-0.1, -0.05) is 37.3 Å². The Morgan fingerprint density at radius 2 is 1.85 bits per heavy atom. The van der Waals surface area contributed by atoms with Crippen molar-refractivity contribution in [1.29, 1.82) is 0 Å². The summed E-state index contributed by atoms with van der Waals surface area (Å²) in [5.74, 6) is 0.157. The molecular weight excluding hydrogens is 348 g/mol. The van der Waals surface area contributed by atoms with Gasteiger partial charge in [0.25, 0.3) is 0 Å². The van der Waals surface area contributed by atoms with Gasteiger partial charge in [0, 0.05) is 24.7 Å². The molecule has 3 rings (SSSR count). The predicted octanol–water partition coefficient (Wildman–Crippen LogP) is 3.42. The normalized spacial score (nSPS) is 15.6. The summed E-state index contributed by atoms with van der Waals surface area (Å²) in [7, 11) is -3.57. The maximum atomic E-state index is 12.5. The average molecular weight is 372 g/mol. The van der Waals surface area contributed by atoms with Gasteiger partial charge in [-0.2, -0.15) is 0 Å². The third-order valence-electron chi connectivity index (χ3n) is 4.64. The molecule has 0 saturated carbocycles. The van der Waals surface area contributed by atoms with Crippen LogP contribution in [0.1, 0.15) is 43.9 Å². The molecule has 5 nitrogen and oxygen atoms in total. The molecule has 1 amide bonds. The third-order valence-corrected chi connectivity index (χ3v) is 6.19. The molecule has 0 aliphatic carbocycles. The molecule has 0 radical (unpaired) electrons. The molecule has 1 N–H and O–H groups in total. The van der Waals surface area contributed by atoms with Gasteiger partial charge < -0.3 is 4.90 Å². The Morgan fingerprint density at radius 3 is 2.54 bits per heavy atom. The number of nitrogens with zero attached hydrogens (tertiary/aromatic N) is 1. The summed E-state index contributed by atoms with van der Waals surface area (Å²) < 4.78 is 27.8. The summed E-state index contributed by atoms with van der Waals surface area (Å²) >= 11 is 0. The fraction of sp³-hybridized carbons (Fsp3) is 0.350. The zero-order chi connectivity index (χ0) is 18.7. The molecular formula is C20H24N2O3S. The number of hydrogen-bond donors (Lipinski definition) is 1. The molecule has 1 aliphatic heterocycles. The Hall–Kier alpha value is -2.18. The molecule has 6 heteroatoms. The number of hydrogen-bond acceptors (Lipinski definition) is 3. The molecule has 1 atom stereocenters. The van der Waals surface area contributed by atoms with E-state index in [0.29, 0.717) is 19.4 Å². The second kappa shape index (κ2) is 7.60. The first-order valence-electron chi connectivity index (χ1n) is 8.93. The van der Waals surface area contributed by atoms with Crippen molar-refractivity contribution >= 4 is 21.6 Å². The number of sulfonamides is 1. The van der Waals surface area contributed by atoms with E-state index in [9.17, 15) is 13.2 Å².